The number of likely N-dealkylation sites (N-methyl/N-ethyl adjacent to an activating group) is 1. The number of hydrazone groups is 1. The van der Waals surface area contributed by atoms with E-state index in [1.54, 1.807) is 24.3 Å². The molecule has 0 atom stereocenters. The molecule has 1 amide bonds. The third-order valence-electron chi connectivity index (χ3n) is 5.15. The van der Waals surface area contributed by atoms with Crippen LogP contribution in [0.15, 0.2) is 46.4 Å². The molecule has 0 aliphatic carbocycles. The second kappa shape index (κ2) is 10.5. The number of ether oxygens (including phenoxy) is 1. The summed E-state index contributed by atoms with van der Waals surface area (Å²) in [6, 6.07) is 9.70. The molecular formula is C22H26N6O4S2. The summed E-state index contributed by atoms with van der Waals surface area (Å²) in [5.74, 6) is 0.0649. The van der Waals surface area contributed by atoms with E-state index in [9.17, 15) is 13.2 Å². The zero-order chi connectivity index (χ0) is 24.1. The van der Waals surface area contributed by atoms with Crippen LogP contribution in [-0.2, 0) is 14.6 Å². The summed E-state index contributed by atoms with van der Waals surface area (Å²) in [5.41, 5.74) is 1.37. The van der Waals surface area contributed by atoms with Crippen molar-refractivity contribution in [3.05, 3.63) is 42.0 Å². The molecule has 0 radical (unpaired) electrons. The Morgan fingerprint density at radius 3 is 2.56 bits per heavy atom. The van der Waals surface area contributed by atoms with Gasteiger partial charge in [-0.25, -0.2) is 18.4 Å². The number of hydrogen-bond acceptors (Lipinski definition) is 10. The van der Waals surface area contributed by atoms with Gasteiger partial charge in [-0.15, -0.1) is 0 Å². The monoisotopic (exact) mass is 502 g/mol. The van der Waals surface area contributed by atoms with E-state index in [4.69, 9.17) is 4.74 Å². The number of hydrogen-bond donors (Lipinski definition) is 2. The van der Waals surface area contributed by atoms with Crippen LogP contribution in [0.2, 0.25) is 0 Å². The molecule has 0 spiro atoms. The van der Waals surface area contributed by atoms with Gasteiger partial charge >= 0.3 is 0 Å². The first-order valence-electron chi connectivity index (χ1n) is 10.8. The maximum Gasteiger partial charge on any atom is 0.278 e. The molecule has 2 N–H and O–H groups in total. The minimum atomic E-state index is -3.34. The largest absolute Gasteiger partial charge is 0.476 e. The van der Waals surface area contributed by atoms with Crippen LogP contribution in [0.1, 0.15) is 18.4 Å². The molecule has 1 saturated heterocycles. The number of thiazole rings is 1. The molecule has 1 fully saturated rings. The number of fused-ring (bicyclic) bond motifs is 1. The smallest absolute Gasteiger partial charge is 0.278 e. The summed E-state index contributed by atoms with van der Waals surface area (Å²) < 4.78 is 29.2. The van der Waals surface area contributed by atoms with Crippen molar-refractivity contribution in [2.24, 2.45) is 5.10 Å². The van der Waals surface area contributed by atoms with Gasteiger partial charge in [-0.2, -0.15) is 5.10 Å². The van der Waals surface area contributed by atoms with Gasteiger partial charge in [-0.1, -0.05) is 23.5 Å². The number of nitrogens with zero attached hydrogens (tertiary/aromatic N) is 4. The van der Waals surface area contributed by atoms with Crippen molar-refractivity contribution < 1.29 is 17.9 Å². The summed E-state index contributed by atoms with van der Waals surface area (Å²) in [7, 11) is -1.50. The second-order valence-electron chi connectivity index (χ2n) is 7.80. The molecule has 0 unspecified atom stereocenters. The number of amides is 1. The minimum Gasteiger partial charge on any atom is -0.476 e. The van der Waals surface area contributed by atoms with Gasteiger partial charge in [-0.05, 0) is 38.1 Å². The first-order chi connectivity index (χ1) is 16.3. The molecule has 2 aromatic heterocycles. The Morgan fingerprint density at radius 2 is 1.88 bits per heavy atom. The fourth-order valence-electron chi connectivity index (χ4n) is 3.38. The van der Waals surface area contributed by atoms with Crippen LogP contribution in [0.25, 0.3) is 10.3 Å². The average molecular weight is 503 g/mol. The van der Waals surface area contributed by atoms with Crippen LogP contribution in [-0.4, -0.2) is 74.6 Å². The summed E-state index contributed by atoms with van der Waals surface area (Å²) in [6.45, 7) is 2.72. The van der Waals surface area contributed by atoms with E-state index >= 15 is 0 Å². The average Bonchev–Trinajstić information content (AvgIpc) is 3.46. The van der Waals surface area contributed by atoms with E-state index in [1.807, 2.05) is 12.1 Å². The number of carbonyl (C=O) groups is 1. The Labute approximate surface area is 202 Å². The number of anilines is 1. The Hall–Kier alpha value is -3.09. The topological polar surface area (TPSA) is 126 Å². The lowest BCUT2D eigenvalue weighted by Crippen LogP contribution is -2.27. The molecule has 12 heteroatoms. The second-order valence-corrected chi connectivity index (χ2v) is 10.8. The molecule has 3 aromatic rings. The summed E-state index contributed by atoms with van der Waals surface area (Å²) in [5, 5.41) is 12.6. The van der Waals surface area contributed by atoms with Crippen molar-refractivity contribution in [1.82, 2.24) is 20.3 Å². The van der Waals surface area contributed by atoms with Crippen LogP contribution < -0.4 is 15.4 Å². The minimum absolute atomic E-state index is 0.183. The molecule has 0 bridgehead atoms. The molecule has 1 aliphatic heterocycles. The van der Waals surface area contributed by atoms with Crippen LogP contribution >= 0.6 is 11.3 Å². The first-order valence-corrected chi connectivity index (χ1v) is 13.5. The number of carbonyl (C=O) groups excluding carboxylic acids is 1. The van der Waals surface area contributed by atoms with E-state index in [2.05, 4.69) is 25.7 Å². The molecule has 1 aliphatic rings. The van der Waals surface area contributed by atoms with E-state index in [1.165, 1.54) is 23.5 Å². The van der Waals surface area contributed by atoms with Crippen molar-refractivity contribution in [3.8, 4) is 5.88 Å². The normalized spacial score (nSPS) is 14.5. The van der Waals surface area contributed by atoms with E-state index < -0.39 is 15.7 Å². The van der Waals surface area contributed by atoms with E-state index in [0.29, 0.717) is 40.1 Å². The third kappa shape index (κ3) is 5.88. The Kier molecular flexibility index (Phi) is 7.39. The van der Waals surface area contributed by atoms with Gasteiger partial charge < -0.3 is 10.1 Å². The highest BCUT2D eigenvalue weighted by molar-refractivity contribution is 7.90. The van der Waals surface area contributed by atoms with Gasteiger partial charge in [0.1, 0.15) is 17.0 Å². The quantitative estimate of drug-likeness (QED) is 0.337. The number of sulfone groups is 1. The van der Waals surface area contributed by atoms with Crippen LogP contribution in [0.4, 0.5) is 5.13 Å². The third-order valence-corrected chi connectivity index (χ3v) is 7.16. The zero-order valence-electron chi connectivity index (χ0n) is 18.9. The predicted octanol–water partition coefficient (Wildman–Crippen LogP) is 2.13. The predicted molar refractivity (Wildman–Crippen MR) is 132 cm³/mol. The lowest BCUT2D eigenvalue weighted by molar-refractivity contribution is -0.110. The van der Waals surface area contributed by atoms with Crippen molar-refractivity contribution in [2.45, 2.75) is 17.7 Å². The van der Waals surface area contributed by atoms with E-state index in [0.717, 1.165) is 32.2 Å². The highest BCUT2D eigenvalue weighted by atomic mass is 32.2. The number of nitrogens with one attached hydrogen (secondary N) is 2. The molecule has 180 valence electrons. The van der Waals surface area contributed by atoms with Crippen molar-refractivity contribution in [3.63, 3.8) is 0 Å². The number of rotatable bonds is 9. The Bertz CT molecular complexity index is 1300. The van der Waals surface area contributed by atoms with Gasteiger partial charge in [0.25, 0.3) is 5.91 Å². The summed E-state index contributed by atoms with van der Waals surface area (Å²) in [6.07, 6.45) is 3.16. The van der Waals surface area contributed by atoms with Gasteiger partial charge in [0.15, 0.2) is 20.7 Å². The fraction of sp³-hybridized carbons (Fsp3) is 0.364. The fourth-order valence-corrected chi connectivity index (χ4v) is 4.84. The summed E-state index contributed by atoms with van der Waals surface area (Å²) in [4.78, 5) is 23.0. The van der Waals surface area contributed by atoms with Gasteiger partial charge in [0.2, 0.25) is 5.88 Å². The highest BCUT2D eigenvalue weighted by Crippen LogP contribution is 2.26. The zero-order valence-corrected chi connectivity index (χ0v) is 20.6. The first kappa shape index (κ1) is 24.0. The Balaban J connectivity index is 1.57. The van der Waals surface area contributed by atoms with Crippen LogP contribution in [0.3, 0.4) is 0 Å². The standard InChI is InChI=1S/C22H26N6O4S2/c1-23-11-14-32-18-10-9-17-21(25-18)33-22(24-17)26-20(29)19(27-28-12-3-4-13-28)15-5-7-16(8-6-15)34(2,30)31/h5-10,23H,3-4,11-14H2,1-2H3,(H,24,26,29)/b27-19+. The van der Waals surface area contributed by atoms with E-state index in [-0.39, 0.29) is 10.6 Å². The Morgan fingerprint density at radius 1 is 1.15 bits per heavy atom. The number of benzene rings is 1. The molecule has 34 heavy (non-hydrogen) atoms. The molecule has 10 nitrogen and oxygen atoms in total. The molecule has 3 heterocycles. The number of aromatic nitrogens is 2. The molecular weight excluding hydrogens is 476 g/mol. The van der Waals surface area contributed by atoms with Gasteiger partial charge in [0.05, 0.1) is 4.90 Å². The summed E-state index contributed by atoms with van der Waals surface area (Å²) >= 11 is 1.24. The SMILES string of the molecule is CNCCOc1ccc2nc(NC(=O)/C(=N/N3CCCC3)c3ccc(S(C)(=O)=O)cc3)sc2n1. The van der Waals surface area contributed by atoms with Crippen molar-refractivity contribution >= 4 is 48.3 Å². The molecule has 1 aromatic carbocycles. The lowest BCUT2D eigenvalue weighted by Gasteiger charge is -2.14. The highest BCUT2D eigenvalue weighted by Gasteiger charge is 2.21. The van der Waals surface area contributed by atoms with Gasteiger partial charge in [-0.3, -0.25) is 15.1 Å². The molecule has 4 rings (SSSR count). The van der Waals surface area contributed by atoms with Gasteiger partial charge in [0, 0.05) is 37.5 Å². The number of pyridine rings is 1. The van der Waals surface area contributed by atoms with Crippen LogP contribution in [0.5, 0.6) is 5.88 Å². The maximum atomic E-state index is 13.2. The van der Waals surface area contributed by atoms with Crippen LogP contribution in [0, 0.1) is 0 Å². The van der Waals surface area contributed by atoms with Crippen molar-refractivity contribution in [2.75, 3.05) is 44.9 Å². The molecule has 0 saturated carbocycles. The lowest BCUT2D eigenvalue weighted by atomic mass is 10.1. The van der Waals surface area contributed by atoms with Crippen molar-refractivity contribution in [1.29, 1.82) is 0 Å². The maximum absolute atomic E-state index is 13.2.